The second-order valence-corrected chi connectivity index (χ2v) is 4.97. The molecule has 0 radical (unpaired) electrons. The molecule has 0 heterocycles. The van der Waals surface area contributed by atoms with E-state index in [1.54, 1.807) is 0 Å². The van der Waals surface area contributed by atoms with Crippen molar-refractivity contribution in [2.24, 2.45) is 0 Å². The van der Waals surface area contributed by atoms with Crippen molar-refractivity contribution in [3.05, 3.63) is 30.3 Å². The highest BCUT2D eigenvalue weighted by Crippen LogP contribution is 2.26. The number of aliphatic hydroxyl groups is 1. The molecule has 0 bridgehead atoms. The summed E-state index contributed by atoms with van der Waals surface area (Å²) < 4.78 is 0. The van der Waals surface area contributed by atoms with Gasteiger partial charge in [0.05, 0.1) is 0 Å². The van der Waals surface area contributed by atoms with Crippen LogP contribution < -0.4 is 4.90 Å². The van der Waals surface area contributed by atoms with E-state index in [-0.39, 0.29) is 0 Å². The quantitative estimate of drug-likeness (QED) is 0.614. The molecule has 2 nitrogen and oxygen atoms in total. The molecule has 1 fully saturated rings. The molecule has 1 aliphatic carbocycles. The van der Waals surface area contributed by atoms with Crippen LogP contribution in [0.15, 0.2) is 30.3 Å². The van der Waals surface area contributed by atoms with Gasteiger partial charge in [0.25, 0.3) is 0 Å². The molecule has 1 saturated carbocycles. The Morgan fingerprint density at radius 1 is 1.05 bits per heavy atom. The molecular formula is C17H19NO. The lowest BCUT2D eigenvalue weighted by Crippen LogP contribution is -2.29. The molecule has 2 heteroatoms. The van der Waals surface area contributed by atoms with Crippen molar-refractivity contribution in [3.8, 4) is 23.8 Å². The Morgan fingerprint density at radius 2 is 1.74 bits per heavy atom. The number of hydrogen-bond donors (Lipinski definition) is 1. The van der Waals surface area contributed by atoms with Crippen molar-refractivity contribution in [1.29, 1.82) is 0 Å². The molecule has 2 rings (SSSR count). The van der Waals surface area contributed by atoms with Gasteiger partial charge in [-0.05, 0) is 43.7 Å². The first kappa shape index (κ1) is 13.5. The zero-order valence-corrected chi connectivity index (χ0v) is 11.3. The van der Waals surface area contributed by atoms with Gasteiger partial charge in [0.1, 0.15) is 5.60 Å². The van der Waals surface area contributed by atoms with Crippen molar-refractivity contribution in [2.75, 3.05) is 11.9 Å². The van der Waals surface area contributed by atoms with E-state index in [2.05, 4.69) is 23.8 Å². The monoisotopic (exact) mass is 253 g/mol. The van der Waals surface area contributed by atoms with Crippen LogP contribution in [-0.2, 0) is 0 Å². The van der Waals surface area contributed by atoms with E-state index in [1.165, 1.54) is 6.42 Å². The Bertz CT molecular complexity index is 521. The van der Waals surface area contributed by atoms with E-state index in [1.807, 2.05) is 42.3 Å². The molecule has 1 N–H and O–H groups in total. The number of anilines is 1. The van der Waals surface area contributed by atoms with Crippen molar-refractivity contribution < 1.29 is 5.11 Å². The highest BCUT2D eigenvalue weighted by molar-refractivity contribution is 5.51. The summed E-state index contributed by atoms with van der Waals surface area (Å²) in [5, 5.41) is 10.2. The third kappa shape index (κ3) is 4.05. The fourth-order valence-corrected chi connectivity index (χ4v) is 2.24. The van der Waals surface area contributed by atoms with E-state index in [0.29, 0.717) is 0 Å². The van der Waals surface area contributed by atoms with E-state index in [9.17, 15) is 5.11 Å². The fraction of sp³-hybridized carbons (Fsp3) is 0.412. The van der Waals surface area contributed by atoms with Gasteiger partial charge in [0.15, 0.2) is 0 Å². The molecule has 1 aliphatic rings. The Labute approximate surface area is 115 Å². The Morgan fingerprint density at radius 3 is 2.42 bits per heavy atom. The minimum atomic E-state index is -0.807. The van der Waals surface area contributed by atoms with Crippen molar-refractivity contribution in [1.82, 2.24) is 0 Å². The maximum Gasteiger partial charge on any atom is 0.126 e. The third-order valence-corrected chi connectivity index (χ3v) is 3.41. The Balaban J connectivity index is 1.98. The molecule has 1 aromatic carbocycles. The molecule has 0 aromatic heterocycles. The minimum Gasteiger partial charge on any atom is -0.378 e. The second-order valence-electron chi connectivity index (χ2n) is 4.97. The molecule has 19 heavy (non-hydrogen) atoms. The average Bonchev–Trinajstić information content (AvgIpc) is 2.45. The first-order chi connectivity index (χ1) is 9.20. The summed E-state index contributed by atoms with van der Waals surface area (Å²) in [7, 11) is 1.90. The topological polar surface area (TPSA) is 23.5 Å². The normalized spacial score (nSPS) is 16.5. The Kier molecular flexibility index (Phi) is 4.50. The maximum atomic E-state index is 10.2. The van der Waals surface area contributed by atoms with Crippen LogP contribution in [0.25, 0.3) is 0 Å². The standard InChI is InChI=1S/C17H19NO/c1-18(16-10-4-2-5-11-16)15-9-8-14-17(19)12-6-3-7-13-17/h2,4-5,10-11,19H,3,6-7,12-13H2,1H3. The summed E-state index contributed by atoms with van der Waals surface area (Å²) in [4.78, 5) is 1.83. The number of hydrogen-bond acceptors (Lipinski definition) is 2. The fourth-order valence-electron chi connectivity index (χ4n) is 2.24. The molecule has 0 unspecified atom stereocenters. The Hall–Kier alpha value is -1.90. The number of nitrogens with zero attached hydrogens (tertiary/aromatic N) is 1. The van der Waals surface area contributed by atoms with Gasteiger partial charge in [-0.3, -0.25) is 0 Å². The highest BCUT2D eigenvalue weighted by atomic mass is 16.3. The van der Waals surface area contributed by atoms with Crippen LogP contribution in [0.1, 0.15) is 32.1 Å². The molecular weight excluding hydrogens is 234 g/mol. The number of para-hydroxylation sites is 1. The number of rotatable bonds is 1. The predicted octanol–water partition coefficient (Wildman–Crippen LogP) is 2.78. The first-order valence-electron chi connectivity index (χ1n) is 6.74. The molecule has 98 valence electrons. The van der Waals surface area contributed by atoms with Crippen LogP contribution >= 0.6 is 0 Å². The smallest absolute Gasteiger partial charge is 0.126 e. The van der Waals surface area contributed by atoms with Crippen LogP contribution in [0.4, 0.5) is 5.69 Å². The molecule has 0 saturated heterocycles. The SMILES string of the molecule is CN(C#CC#CC1(O)CCCCC1)c1ccccc1. The largest absolute Gasteiger partial charge is 0.378 e. The zero-order valence-electron chi connectivity index (χ0n) is 11.3. The van der Waals surface area contributed by atoms with Crippen molar-refractivity contribution in [2.45, 2.75) is 37.7 Å². The van der Waals surface area contributed by atoms with Gasteiger partial charge in [0.2, 0.25) is 0 Å². The molecule has 1 aromatic rings. The molecule has 0 atom stereocenters. The van der Waals surface area contributed by atoms with Gasteiger partial charge in [0, 0.05) is 24.7 Å². The summed E-state index contributed by atoms with van der Waals surface area (Å²) in [6.07, 6.45) is 4.86. The second kappa shape index (κ2) is 6.32. The predicted molar refractivity (Wildman–Crippen MR) is 78.4 cm³/mol. The lowest BCUT2D eigenvalue weighted by Gasteiger charge is -2.26. The van der Waals surface area contributed by atoms with Gasteiger partial charge in [-0.25, -0.2) is 0 Å². The third-order valence-electron chi connectivity index (χ3n) is 3.41. The first-order valence-corrected chi connectivity index (χ1v) is 6.74. The average molecular weight is 253 g/mol. The minimum absolute atomic E-state index is 0.774. The van der Waals surface area contributed by atoms with E-state index in [0.717, 1.165) is 31.4 Å². The maximum absolute atomic E-state index is 10.2. The van der Waals surface area contributed by atoms with Gasteiger partial charge >= 0.3 is 0 Å². The molecule has 0 spiro atoms. The van der Waals surface area contributed by atoms with Gasteiger partial charge in [-0.15, -0.1) is 0 Å². The van der Waals surface area contributed by atoms with E-state index >= 15 is 0 Å². The van der Waals surface area contributed by atoms with Gasteiger partial charge in [-0.1, -0.05) is 30.5 Å². The van der Waals surface area contributed by atoms with Crippen LogP contribution in [-0.4, -0.2) is 17.8 Å². The van der Waals surface area contributed by atoms with Crippen LogP contribution in [0.5, 0.6) is 0 Å². The van der Waals surface area contributed by atoms with E-state index < -0.39 is 5.60 Å². The number of benzene rings is 1. The lowest BCUT2D eigenvalue weighted by atomic mass is 9.85. The lowest BCUT2D eigenvalue weighted by molar-refractivity contribution is 0.0610. The summed E-state index contributed by atoms with van der Waals surface area (Å²) in [5.41, 5.74) is 0.228. The summed E-state index contributed by atoms with van der Waals surface area (Å²) in [6.45, 7) is 0. The molecule has 0 aliphatic heterocycles. The summed E-state index contributed by atoms with van der Waals surface area (Å²) >= 11 is 0. The van der Waals surface area contributed by atoms with Gasteiger partial charge in [-0.2, -0.15) is 0 Å². The zero-order chi connectivity index (χ0) is 13.6. The van der Waals surface area contributed by atoms with Crippen LogP contribution in [0, 0.1) is 23.8 Å². The highest BCUT2D eigenvalue weighted by Gasteiger charge is 2.26. The van der Waals surface area contributed by atoms with Crippen molar-refractivity contribution >= 4 is 5.69 Å². The van der Waals surface area contributed by atoms with Crippen LogP contribution in [0.3, 0.4) is 0 Å². The summed E-state index contributed by atoms with van der Waals surface area (Å²) in [6, 6.07) is 12.9. The van der Waals surface area contributed by atoms with Gasteiger partial charge < -0.3 is 10.0 Å². The van der Waals surface area contributed by atoms with Crippen molar-refractivity contribution in [3.63, 3.8) is 0 Å². The summed E-state index contributed by atoms with van der Waals surface area (Å²) in [5.74, 6) is 8.51. The van der Waals surface area contributed by atoms with E-state index in [4.69, 9.17) is 0 Å². The van der Waals surface area contributed by atoms with Crippen LogP contribution in [0.2, 0.25) is 0 Å². The molecule has 0 amide bonds.